The fraction of sp³-hybridized carbons (Fsp3) is 0.600. The first kappa shape index (κ1) is 13.2. The molecule has 0 aliphatic heterocycles. The third-order valence-corrected chi connectivity index (χ3v) is 3.97. The van der Waals surface area contributed by atoms with Crippen LogP contribution in [0.1, 0.15) is 52.0 Å². The van der Waals surface area contributed by atoms with E-state index in [0.717, 1.165) is 11.6 Å². The first-order chi connectivity index (χ1) is 9.74. The highest BCUT2D eigenvalue weighted by Gasteiger charge is 2.16. The van der Waals surface area contributed by atoms with Gasteiger partial charge in [0.05, 0.1) is 11.9 Å². The number of nitrogens with zero attached hydrogens (tertiary/aromatic N) is 4. The zero-order valence-electron chi connectivity index (χ0n) is 12.3. The molecule has 2 aromatic rings. The van der Waals surface area contributed by atoms with Crippen LogP contribution in [0.4, 0.5) is 5.95 Å². The molecule has 0 atom stereocenters. The average Bonchev–Trinajstić information content (AvgIpc) is 3.08. The molecule has 0 amide bonds. The molecule has 1 fully saturated rings. The molecule has 0 aromatic carbocycles. The van der Waals surface area contributed by atoms with E-state index in [1.807, 2.05) is 23.3 Å². The highest BCUT2D eigenvalue weighted by atomic mass is 15.3. The number of hydrogen-bond acceptors (Lipinski definition) is 3. The van der Waals surface area contributed by atoms with Crippen molar-refractivity contribution in [1.29, 1.82) is 0 Å². The lowest BCUT2D eigenvalue weighted by molar-refractivity contribution is 0.460. The van der Waals surface area contributed by atoms with Gasteiger partial charge in [0.25, 0.3) is 0 Å². The Morgan fingerprint density at radius 2 is 2.05 bits per heavy atom. The molecular formula is C15H23N5. The minimum atomic E-state index is 0.377. The van der Waals surface area contributed by atoms with E-state index >= 15 is 0 Å². The molecule has 1 saturated carbocycles. The summed E-state index contributed by atoms with van der Waals surface area (Å²) >= 11 is 0. The van der Waals surface area contributed by atoms with E-state index in [1.54, 1.807) is 0 Å². The number of rotatable bonds is 4. The summed E-state index contributed by atoms with van der Waals surface area (Å²) in [7, 11) is 0. The first-order valence-electron chi connectivity index (χ1n) is 7.58. The van der Waals surface area contributed by atoms with Gasteiger partial charge in [0.15, 0.2) is 0 Å². The van der Waals surface area contributed by atoms with Crippen molar-refractivity contribution < 1.29 is 0 Å². The number of hydrogen-bond donors (Lipinski definition) is 1. The SMILES string of the molecule is CC(C)n1cc(-n2ccnc2NC2CCCCC2)cn1. The van der Waals surface area contributed by atoms with Crippen molar-refractivity contribution in [2.45, 2.75) is 58.0 Å². The number of aromatic nitrogens is 4. The van der Waals surface area contributed by atoms with E-state index < -0.39 is 0 Å². The van der Waals surface area contributed by atoms with Crippen molar-refractivity contribution in [2.75, 3.05) is 5.32 Å². The summed E-state index contributed by atoms with van der Waals surface area (Å²) in [4.78, 5) is 4.46. The van der Waals surface area contributed by atoms with Crippen molar-refractivity contribution in [3.05, 3.63) is 24.8 Å². The van der Waals surface area contributed by atoms with Crippen LogP contribution in [0.15, 0.2) is 24.8 Å². The molecule has 0 spiro atoms. The van der Waals surface area contributed by atoms with Crippen molar-refractivity contribution >= 4 is 5.95 Å². The molecule has 3 rings (SSSR count). The van der Waals surface area contributed by atoms with Crippen molar-refractivity contribution in [3.63, 3.8) is 0 Å². The largest absolute Gasteiger partial charge is 0.353 e. The van der Waals surface area contributed by atoms with Crippen molar-refractivity contribution in [3.8, 4) is 5.69 Å². The summed E-state index contributed by atoms with van der Waals surface area (Å²) in [6.07, 6.45) is 14.3. The van der Waals surface area contributed by atoms with Crippen LogP contribution in [0, 0.1) is 0 Å². The van der Waals surface area contributed by atoms with E-state index in [4.69, 9.17) is 0 Å². The topological polar surface area (TPSA) is 47.7 Å². The quantitative estimate of drug-likeness (QED) is 0.928. The summed E-state index contributed by atoms with van der Waals surface area (Å²) < 4.78 is 4.06. The molecule has 2 aromatic heterocycles. The minimum Gasteiger partial charge on any atom is -0.353 e. The van der Waals surface area contributed by atoms with Crippen LogP contribution >= 0.6 is 0 Å². The van der Waals surface area contributed by atoms with Gasteiger partial charge in [0.1, 0.15) is 0 Å². The lowest BCUT2D eigenvalue weighted by Crippen LogP contribution is -2.24. The fourth-order valence-electron chi connectivity index (χ4n) is 2.78. The number of nitrogens with one attached hydrogen (secondary N) is 1. The van der Waals surface area contributed by atoms with Gasteiger partial charge in [0, 0.05) is 30.7 Å². The average molecular weight is 273 g/mol. The first-order valence-corrected chi connectivity index (χ1v) is 7.58. The lowest BCUT2D eigenvalue weighted by atomic mass is 9.96. The second-order valence-electron chi connectivity index (χ2n) is 5.87. The van der Waals surface area contributed by atoms with Gasteiger partial charge in [0.2, 0.25) is 5.95 Å². The molecule has 108 valence electrons. The summed E-state index contributed by atoms with van der Waals surface area (Å²) in [5.74, 6) is 0.931. The maximum absolute atomic E-state index is 4.46. The van der Waals surface area contributed by atoms with Gasteiger partial charge < -0.3 is 5.32 Å². The summed E-state index contributed by atoms with van der Waals surface area (Å²) in [5, 5.41) is 7.98. The highest BCUT2D eigenvalue weighted by molar-refractivity contribution is 5.40. The third kappa shape index (κ3) is 2.71. The maximum atomic E-state index is 4.46. The number of imidazole rings is 1. The van der Waals surface area contributed by atoms with E-state index in [9.17, 15) is 0 Å². The summed E-state index contributed by atoms with van der Waals surface area (Å²) in [6.45, 7) is 4.26. The molecule has 5 nitrogen and oxygen atoms in total. The van der Waals surface area contributed by atoms with Crippen LogP contribution in [0.25, 0.3) is 5.69 Å². The highest BCUT2D eigenvalue weighted by Crippen LogP contribution is 2.22. The smallest absolute Gasteiger partial charge is 0.207 e. The monoisotopic (exact) mass is 273 g/mol. The van der Waals surface area contributed by atoms with Gasteiger partial charge in [-0.05, 0) is 26.7 Å². The molecule has 1 N–H and O–H groups in total. The lowest BCUT2D eigenvalue weighted by Gasteiger charge is -2.23. The van der Waals surface area contributed by atoms with Crippen LogP contribution in [0.5, 0.6) is 0 Å². The molecule has 0 radical (unpaired) electrons. The van der Waals surface area contributed by atoms with E-state index in [0.29, 0.717) is 12.1 Å². The van der Waals surface area contributed by atoms with Crippen LogP contribution in [0.3, 0.4) is 0 Å². The Morgan fingerprint density at radius 3 is 2.75 bits per heavy atom. The normalized spacial score (nSPS) is 16.8. The molecule has 20 heavy (non-hydrogen) atoms. The Bertz CT molecular complexity index is 548. The summed E-state index contributed by atoms with van der Waals surface area (Å²) in [5.41, 5.74) is 1.06. The van der Waals surface area contributed by atoms with E-state index in [1.165, 1.54) is 32.1 Å². The van der Waals surface area contributed by atoms with Gasteiger partial charge in [-0.3, -0.25) is 9.25 Å². The summed E-state index contributed by atoms with van der Waals surface area (Å²) in [6, 6.07) is 0.937. The molecule has 1 aliphatic carbocycles. The molecule has 1 aliphatic rings. The molecule has 5 heteroatoms. The zero-order valence-corrected chi connectivity index (χ0v) is 12.3. The van der Waals surface area contributed by atoms with E-state index in [2.05, 4.69) is 40.0 Å². The Morgan fingerprint density at radius 1 is 1.25 bits per heavy atom. The van der Waals surface area contributed by atoms with Crippen LogP contribution in [0.2, 0.25) is 0 Å². The van der Waals surface area contributed by atoms with Crippen LogP contribution in [-0.4, -0.2) is 25.4 Å². The van der Waals surface area contributed by atoms with Gasteiger partial charge in [-0.25, -0.2) is 4.98 Å². The second-order valence-corrected chi connectivity index (χ2v) is 5.87. The minimum absolute atomic E-state index is 0.377. The van der Waals surface area contributed by atoms with Gasteiger partial charge in [-0.1, -0.05) is 19.3 Å². The van der Waals surface area contributed by atoms with Crippen molar-refractivity contribution in [1.82, 2.24) is 19.3 Å². The molecule has 2 heterocycles. The molecule has 0 bridgehead atoms. The predicted molar refractivity (Wildman–Crippen MR) is 80.2 cm³/mol. The molecular weight excluding hydrogens is 250 g/mol. The van der Waals surface area contributed by atoms with Gasteiger partial charge in [-0.15, -0.1) is 0 Å². The van der Waals surface area contributed by atoms with Gasteiger partial charge in [-0.2, -0.15) is 5.10 Å². The Hall–Kier alpha value is -1.78. The van der Waals surface area contributed by atoms with Gasteiger partial charge >= 0.3 is 0 Å². The Kier molecular flexibility index (Phi) is 3.76. The maximum Gasteiger partial charge on any atom is 0.207 e. The molecule has 0 unspecified atom stereocenters. The Balaban J connectivity index is 1.78. The van der Waals surface area contributed by atoms with Crippen LogP contribution < -0.4 is 5.32 Å². The van der Waals surface area contributed by atoms with Crippen molar-refractivity contribution in [2.24, 2.45) is 0 Å². The predicted octanol–water partition coefficient (Wildman–Crippen LogP) is 3.39. The zero-order chi connectivity index (χ0) is 13.9. The number of anilines is 1. The third-order valence-electron chi connectivity index (χ3n) is 3.97. The van der Waals surface area contributed by atoms with E-state index in [-0.39, 0.29) is 0 Å². The standard InChI is InChI=1S/C15H23N5/c1-12(2)20-11-14(10-17-20)19-9-8-16-15(19)18-13-6-4-3-5-7-13/h8-13H,3-7H2,1-2H3,(H,16,18). The molecule has 0 saturated heterocycles. The fourth-order valence-corrected chi connectivity index (χ4v) is 2.78. The van der Waals surface area contributed by atoms with Crippen LogP contribution in [-0.2, 0) is 0 Å². The Labute approximate surface area is 120 Å². The second kappa shape index (κ2) is 5.69.